The minimum absolute atomic E-state index is 0.190. The Morgan fingerprint density at radius 3 is 3.00 bits per heavy atom. The second kappa shape index (κ2) is 8.44. The molecule has 0 spiro atoms. The van der Waals surface area contributed by atoms with Gasteiger partial charge in [-0.05, 0) is 11.4 Å². The molecule has 0 saturated carbocycles. The van der Waals surface area contributed by atoms with E-state index in [1.165, 1.54) is 16.2 Å². The number of amides is 1. The predicted molar refractivity (Wildman–Crippen MR) is 91.9 cm³/mol. The number of nitrogens with zero attached hydrogens (tertiary/aromatic N) is 2. The first kappa shape index (κ1) is 17.2. The zero-order valence-corrected chi connectivity index (χ0v) is 14.3. The summed E-state index contributed by atoms with van der Waals surface area (Å²) in [5.74, 6) is -0.863. The minimum atomic E-state index is -0.606. The topological polar surface area (TPSA) is 71.5 Å². The number of hydrogen-bond donors (Lipinski definition) is 1. The van der Waals surface area contributed by atoms with E-state index in [1.54, 1.807) is 29.8 Å². The van der Waals surface area contributed by atoms with Crippen LogP contribution < -0.4 is 5.32 Å². The largest absolute Gasteiger partial charge is 0.451 e. The number of thiophene rings is 1. The molecule has 0 aliphatic rings. The van der Waals surface area contributed by atoms with Crippen LogP contribution in [0.1, 0.15) is 15.4 Å². The molecule has 0 unspecified atom stereocenters. The van der Waals surface area contributed by atoms with Crippen molar-refractivity contribution in [3.05, 3.63) is 46.1 Å². The van der Waals surface area contributed by atoms with Crippen LogP contribution in [-0.4, -0.2) is 42.0 Å². The SMILES string of the molecule is C=CCNc1nc(C(=O)OCC(=O)N(C)Cc2cccs2)cs1. The van der Waals surface area contributed by atoms with Gasteiger partial charge in [0.05, 0.1) is 6.54 Å². The van der Waals surface area contributed by atoms with E-state index in [0.29, 0.717) is 18.2 Å². The average molecular weight is 351 g/mol. The molecular weight excluding hydrogens is 334 g/mol. The Morgan fingerprint density at radius 2 is 2.30 bits per heavy atom. The number of carbonyl (C=O) groups is 2. The van der Waals surface area contributed by atoms with Gasteiger partial charge in [-0.25, -0.2) is 9.78 Å². The number of carbonyl (C=O) groups excluding carboxylic acids is 2. The molecule has 0 saturated heterocycles. The van der Waals surface area contributed by atoms with Crippen molar-refractivity contribution in [3.8, 4) is 0 Å². The summed E-state index contributed by atoms with van der Waals surface area (Å²) >= 11 is 2.87. The second-order valence-electron chi connectivity index (χ2n) is 4.61. The van der Waals surface area contributed by atoms with Gasteiger partial charge in [0.25, 0.3) is 5.91 Å². The molecular formula is C15H17N3O3S2. The van der Waals surface area contributed by atoms with Gasteiger partial charge in [-0.15, -0.1) is 29.3 Å². The van der Waals surface area contributed by atoms with Crippen LogP contribution in [0, 0.1) is 0 Å². The maximum atomic E-state index is 12.0. The molecule has 0 aromatic carbocycles. The standard InChI is InChI=1S/C15H17N3O3S2/c1-3-6-16-15-17-12(10-23-15)14(20)21-9-13(19)18(2)8-11-5-4-7-22-11/h3-5,7,10H,1,6,8-9H2,2H3,(H,16,17). The van der Waals surface area contributed by atoms with Gasteiger partial charge in [0.1, 0.15) is 0 Å². The number of rotatable bonds is 8. The Morgan fingerprint density at radius 1 is 1.48 bits per heavy atom. The Kier molecular flexibility index (Phi) is 6.30. The van der Waals surface area contributed by atoms with E-state index in [4.69, 9.17) is 4.74 Å². The normalized spacial score (nSPS) is 10.1. The monoisotopic (exact) mass is 351 g/mol. The van der Waals surface area contributed by atoms with Crippen molar-refractivity contribution in [1.82, 2.24) is 9.88 Å². The molecule has 0 atom stereocenters. The molecule has 0 aliphatic carbocycles. The van der Waals surface area contributed by atoms with Crippen molar-refractivity contribution < 1.29 is 14.3 Å². The first-order chi connectivity index (χ1) is 11.1. The van der Waals surface area contributed by atoms with Crippen LogP contribution in [0.4, 0.5) is 5.13 Å². The zero-order valence-electron chi connectivity index (χ0n) is 12.7. The Balaban J connectivity index is 1.80. The highest BCUT2D eigenvalue weighted by Crippen LogP contribution is 2.16. The maximum absolute atomic E-state index is 12.0. The van der Waals surface area contributed by atoms with E-state index >= 15 is 0 Å². The van der Waals surface area contributed by atoms with Gasteiger partial charge in [0, 0.05) is 23.8 Å². The molecule has 2 heterocycles. The lowest BCUT2D eigenvalue weighted by Gasteiger charge is -2.15. The first-order valence-electron chi connectivity index (χ1n) is 6.84. The molecule has 2 rings (SSSR count). The van der Waals surface area contributed by atoms with Crippen LogP contribution in [0.5, 0.6) is 0 Å². The Bertz CT molecular complexity index is 667. The molecule has 1 N–H and O–H groups in total. The van der Waals surface area contributed by atoms with E-state index in [1.807, 2.05) is 17.5 Å². The van der Waals surface area contributed by atoms with Gasteiger partial charge in [-0.1, -0.05) is 12.1 Å². The van der Waals surface area contributed by atoms with Crippen molar-refractivity contribution in [1.29, 1.82) is 0 Å². The number of ether oxygens (including phenoxy) is 1. The molecule has 1 amide bonds. The van der Waals surface area contributed by atoms with Crippen LogP contribution >= 0.6 is 22.7 Å². The van der Waals surface area contributed by atoms with Crippen molar-refractivity contribution in [2.75, 3.05) is 25.5 Å². The van der Waals surface area contributed by atoms with E-state index in [0.717, 1.165) is 4.88 Å². The number of likely N-dealkylation sites (N-methyl/N-ethyl adjacent to an activating group) is 1. The number of anilines is 1. The summed E-state index contributed by atoms with van der Waals surface area (Å²) in [5, 5.41) is 7.14. The Hall–Kier alpha value is -2.19. The summed E-state index contributed by atoms with van der Waals surface area (Å²) in [7, 11) is 1.68. The molecule has 0 bridgehead atoms. The molecule has 0 fully saturated rings. The van der Waals surface area contributed by atoms with E-state index < -0.39 is 5.97 Å². The maximum Gasteiger partial charge on any atom is 0.358 e. The van der Waals surface area contributed by atoms with Gasteiger partial charge in [0.2, 0.25) is 0 Å². The number of thiazole rings is 1. The smallest absolute Gasteiger partial charge is 0.358 e. The third-order valence-electron chi connectivity index (χ3n) is 2.84. The van der Waals surface area contributed by atoms with Gasteiger partial charge in [0.15, 0.2) is 17.4 Å². The molecule has 23 heavy (non-hydrogen) atoms. The van der Waals surface area contributed by atoms with Gasteiger partial charge >= 0.3 is 5.97 Å². The zero-order chi connectivity index (χ0) is 16.7. The fourth-order valence-corrected chi connectivity index (χ4v) is 3.09. The third kappa shape index (κ3) is 5.19. The molecule has 2 aromatic heterocycles. The van der Waals surface area contributed by atoms with Crippen LogP contribution in [0.3, 0.4) is 0 Å². The van der Waals surface area contributed by atoms with Crippen LogP contribution in [0.2, 0.25) is 0 Å². The number of hydrogen-bond acceptors (Lipinski definition) is 7. The van der Waals surface area contributed by atoms with E-state index in [2.05, 4.69) is 16.9 Å². The molecule has 0 radical (unpaired) electrons. The number of esters is 1. The molecule has 8 heteroatoms. The summed E-state index contributed by atoms with van der Waals surface area (Å²) in [5.41, 5.74) is 0.190. The molecule has 0 aliphatic heterocycles. The minimum Gasteiger partial charge on any atom is -0.451 e. The highest BCUT2D eigenvalue weighted by molar-refractivity contribution is 7.13. The first-order valence-corrected chi connectivity index (χ1v) is 8.60. The van der Waals surface area contributed by atoms with Crippen molar-refractivity contribution in [2.45, 2.75) is 6.54 Å². The van der Waals surface area contributed by atoms with Gasteiger partial charge in [-0.3, -0.25) is 4.79 Å². The molecule has 2 aromatic rings. The number of aromatic nitrogens is 1. The van der Waals surface area contributed by atoms with Crippen molar-refractivity contribution in [2.24, 2.45) is 0 Å². The van der Waals surface area contributed by atoms with Crippen LogP contribution in [0.15, 0.2) is 35.5 Å². The summed E-state index contributed by atoms with van der Waals surface area (Å²) in [6, 6.07) is 3.88. The van der Waals surface area contributed by atoms with Crippen LogP contribution in [-0.2, 0) is 16.1 Å². The summed E-state index contributed by atoms with van der Waals surface area (Å²) in [6.45, 7) is 4.36. The Labute approximate surface area is 142 Å². The lowest BCUT2D eigenvalue weighted by molar-refractivity contribution is -0.133. The van der Waals surface area contributed by atoms with E-state index in [9.17, 15) is 9.59 Å². The van der Waals surface area contributed by atoms with Crippen molar-refractivity contribution >= 4 is 39.7 Å². The highest BCUT2D eigenvalue weighted by atomic mass is 32.1. The van der Waals surface area contributed by atoms with Crippen molar-refractivity contribution in [3.63, 3.8) is 0 Å². The fraction of sp³-hybridized carbons (Fsp3) is 0.267. The summed E-state index contributed by atoms with van der Waals surface area (Å²) < 4.78 is 5.02. The third-order valence-corrected chi connectivity index (χ3v) is 4.50. The average Bonchev–Trinajstić information content (AvgIpc) is 3.21. The highest BCUT2D eigenvalue weighted by Gasteiger charge is 2.16. The lowest BCUT2D eigenvalue weighted by atomic mass is 10.4. The predicted octanol–water partition coefficient (Wildman–Crippen LogP) is 2.62. The van der Waals surface area contributed by atoms with E-state index in [-0.39, 0.29) is 18.2 Å². The van der Waals surface area contributed by atoms with Gasteiger partial charge < -0.3 is 15.0 Å². The fourth-order valence-electron chi connectivity index (χ4n) is 1.64. The van der Waals surface area contributed by atoms with Crippen LogP contribution in [0.25, 0.3) is 0 Å². The van der Waals surface area contributed by atoms with Gasteiger partial charge in [-0.2, -0.15) is 0 Å². The summed E-state index contributed by atoms with van der Waals surface area (Å²) in [6.07, 6.45) is 1.70. The lowest BCUT2D eigenvalue weighted by Crippen LogP contribution is -2.30. The molecule has 122 valence electrons. The second-order valence-corrected chi connectivity index (χ2v) is 6.50. The number of nitrogens with one attached hydrogen (secondary N) is 1. The quantitative estimate of drug-likeness (QED) is 0.585. The summed E-state index contributed by atoms with van der Waals surface area (Å²) in [4.78, 5) is 30.5. The molecule has 6 nitrogen and oxygen atoms in total.